The molecule has 0 saturated heterocycles. The van der Waals surface area contributed by atoms with Gasteiger partial charge < -0.3 is 15.0 Å². The first-order valence-corrected chi connectivity index (χ1v) is 8.21. The molecule has 7 nitrogen and oxygen atoms in total. The monoisotopic (exact) mass is 400 g/mol. The summed E-state index contributed by atoms with van der Waals surface area (Å²) in [6, 6.07) is 10.1. The van der Waals surface area contributed by atoms with E-state index >= 15 is 0 Å². The molecule has 0 aliphatic rings. The summed E-state index contributed by atoms with van der Waals surface area (Å²) in [5, 5.41) is 13.7. The first-order valence-electron chi connectivity index (χ1n) is 7.83. The summed E-state index contributed by atoms with van der Waals surface area (Å²) in [6.07, 6.45) is 0. The minimum atomic E-state index is -2.88. The number of rotatable bonds is 8. The Morgan fingerprint density at radius 1 is 1.30 bits per heavy atom. The molecule has 2 rings (SSSR count). The predicted molar refractivity (Wildman–Crippen MR) is 95.3 cm³/mol. The zero-order chi connectivity index (χ0) is 20.0. The lowest BCUT2D eigenvalue weighted by molar-refractivity contribution is -0.885. The highest BCUT2D eigenvalue weighted by Crippen LogP contribution is 2.27. The number of halogens is 3. The zero-order valence-electron chi connectivity index (χ0n) is 14.2. The number of likely N-dealkylation sites (N-methyl/N-ethyl adjacent to an activating group) is 1. The van der Waals surface area contributed by atoms with E-state index in [1.165, 1.54) is 24.3 Å². The molecule has 0 aliphatic carbocycles. The summed E-state index contributed by atoms with van der Waals surface area (Å²) in [5.41, 5.74) is 0.596. The number of nitro groups is 1. The minimum Gasteiger partial charge on any atom is -0.435 e. The van der Waals surface area contributed by atoms with Crippen molar-refractivity contribution in [2.24, 2.45) is 0 Å². The summed E-state index contributed by atoms with van der Waals surface area (Å²) >= 11 is 5.74. The Bertz CT molecular complexity index is 818. The summed E-state index contributed by atoms with van der Waals surface area (Å²) in [6.45, 7) is -2.38. The molecule has 27 heavy (non-hydrogen) atoms. The highest BCUT2D eigenvalue weighted by Gasteiger charge is 2.18. The number of nitrogens with zero attached hydrogens (tertiary/aromatic N) is 1. The van der Waals surface area contributed by atoms with Crippen molar-refractivity contribution < 1.29 is 28.1 Å². The Balaban J connectivity index is 1.93. The number of carbonyl (C=O) groups is 1. The topological polar surface area (TPSA) is 85.9 Å². The molecule has 0 spiro atoms. The largest absolute Gasteiger partial charge is 0.435 e. The second-order valence-electron chi connectivity index (χ2n) is 5.80. The van der Waals surface area contributed by atoms with Crippen molar-refractivity contribution in [3.63, 3.8) is 0 Å². The van der Waals surface area contributed by atoms with E-state index in [1.54, 1.807) is 19.2 Å². The van der Waals surface area contributed by atoms with E-state index in [1.807, 2.05) is 0 Å². The van der Waals surface area contributed by atoms with E-state index in [9.17, 15) is 23.7 Å². The van der Waals surface area contributed by atoms with Crippen molar-refractivity contribution in [2.45, 2.75) is 13.2 Å². The number of nitro benzene ring substituents is 1. The van der Waals surface area contributed by atoms with E-state index < -0.39 is 17.4 Å². The number of carbonyl (C=O) groups excluding carboxylic acids is 1. The summed E-state index contributed by atoms with van der Waals surface area (Å²) in [5.74, 6) is -0.352. The maximum absolute atomic E-state index is 12.2. The van der Waals surface area contributed by atoms with Gasteiger partial charge in [-0.3, -0.25) is 14.9 Å². The van der Waals surface area contributed by atoms with Crippen molar-refractivity contribution in [1.29, 1.82) is 0 Å². The number of hydrogen-bond donors (Lipinski definition) is 2. The van der Waals surface area contributed by atoms with Gasteiger partial charge in [-0.1, -0.05) is 11.6 Å². The third-order valence-electron chi connectivity index (χ3n) is 3.55. The average molecular weight is 401 g/mol. The lowest BCUT2D eigenvalue weighted by Crippen LogP contribution is -3.08. The van der Waals surface area contributed by atoms with Gasteiger partial charge in [-0.15, -0.1) is 0 Å². The van der Waals surface area contributed by atoms with Crippen molar-refractivity contribution >= 4 is 28.9 Å². The number of alkyl halides is 2. The lowest BCUT2D eigenvalue weighted by atomic mass is 10.2. The highest BCUT2D eigenvalue weighted by atomic mass is 35.5. The summed E-state index contributed by atoms with van der Waals surface area (Å²) in [4.78, 5) is 23.4. The van der Waals surface area contributed by atoms with Gasteiger partial charge in [-0.2, -0.15) is 8.78 Å². The van der Waals surface area contributed by atoms with Crippen LogP contribution in [0.4, 0.5) is 20.2 Å². The molecule has 2 aromatic carbocycles. The molecule has 10 heteroatoms. The van der Waals surface area contributed by atoms with Crippen LogP contribution in [0.5, 0.6) is 5.75 Å². The minimum absolute atomic E-state index is 0.0507. The molecule has 0 radical (unpaired) electrons. The maximum atomic E-state index is 12.2. The zero-order valence-corrected chi connectivity index (χ0v) is 15.0. The van der Waals surface area contributed by atoms with Crippen LogP contribution in [0.25, 0.3) is 0 Å². The Kier molecular flexibility index (Phi) is 7.03. The van der Waals surface area contributed by atoms with Gasteiger partial charge in [0.15, 0.2) is 6.54 Å². The fourth-order valence-corrected chi connectivity index (χ4v) is 2.60. The molecular weight excluding hydrogens is 384 g/mol. The van der Waals surface area contributed by atoms with Crippen molar-refractivity contribution in [3.8, 4) is 5.75 Å². The van der Waals surface area contributed by atoms with Crippen molar-refractivity contribution in [3.05, 3.63) is 63.2 Å². The van der Waals surface area contributed by atoms with E-state index in [4.69, 9.17) is 11.6 Å². The van der Waals surface area contributed by atoms with Gasteiger partial charge in [-0.25, -0.2) is 0 Å². The molecule has 2 N–H and O–H groups in total. The molecule has 2 aromatic rings. The smallest absolute Gasteiger partial charge is 0.387 e. The Hall–Kier alpha value is -2.78. The second kappa shape index (κ2) is 9.24. The molecule has 0 aliphatic heterocycles. The standard InChI is InChI=1S/C17H16ClF2N3O4/c1-22(9-11-2-5-13(6-3-11)27-17(19)20)10-16(24)21-14-7-4-12(18)8-15(14)23(25)26/h2-8,17H,9-10H2,1H3,(H,21,24)/p+1. The average Bonchev–Trinajstić information content (AvgIpc) is 2.57. The number of nitrogens with one attached hydrogen (secondary N) is 2. The lowest BCUT2D eigenvalue weighted by Gasteiger charge is -2.14. The molecule has 0 saturated carbocycles. The molecule has 0 bridgehead atoms. The van der Waals surface area contributed by atoms with Crippen LogP contribution in [-0.4, -0.2) is 31.0 Å². The van der Waals surface area contributed by atoms with Gasteiger partial charge in [0, 0.05) is 16.7 Å². The van der Waals surface area contributed by atoms with Gasteiger partial charge >= 0.3 is 6.61 Å². The number of quaternary nitrogens is 1. The van der Waals surface area contributed by atoms with Crippen LogP contribution in [0.3, 0.4) is 0 Å². The van der Waals surface area contributed by atoms with Crippen molar-refractivity contribution in [2.75, 3.05) is 18.9 Å². The fraction of sp³-hybridized carbons (Fsp3) is 0.235. The molecule has 0 aromatic heterocycles. The third-order valence-corrected chi connectivity index (χ3v) is 3.78. The fourth-order valence-electron chi connectivity index (χ4n) is 2.43. The Labute approximate surface area is 158 Å². The van der Waals surface area contributed by atoms with E-state index in [-0.39, 0.29) is 28.7 Å². The number of amides is 1. The van der Waals surface area contributed by atoms with Crippen LogP contribution in [0.1, 0.15) is 5.56 Å². The molecule has 0 heterocycles. The molecule has 0 fully saturated rings. The molecule has 1 unspecified atom stereocenters. The highest BCUT2D eigenvalue weighted by molar-refractivity contribution is 6.31. The predicted octanol–water partition coefficient (Wildman–Crippen LogP) is 2.50. The number of hydrogen-bond acceptors (Lipinski definition) is 4. The number of ether oxygens (including phenoxy) is 1. The van der Waals surface area contributed by atoms with E-state index in [0.29, 0.717) is 6.54 Å². The second-order valence-corrected chi connectivity index (χ2v) is 6.24. The van der Waals surface area contributed by atoms with E-state index in [0.717, 1.165) is 16.5 Å². The van der Waals surface area contributed by atoms with Crippen LogP contribution in [0, 0.1) is 10.1 Å². The van der Waals surface area contributed by atoms with Crippen LogP contribution in [0.15, 0.2) is 42.5 Å². The maximum Gasteiger partial charge on any atom is 0.387 e. The SMILES string of the molecule is C[NH+](CC(=O)Nc1ccc(Cl)cc1[N+](=O)[O-])Cc1ccc(OC(F)F)cc1. The molecule has 1 amide bonds. The normalized spacial score (nSPS) is 11.9. The number of anilines is 1. The van der Waals surface area contributed by atoms with Gasteiger partial charge in [-0.05, 0) is 36.4 Å². The molecule has 1 atom stereocenters. The Morgan fingerprint density at radius 3 is 2.56 bits per heavy atom. The van der Waals surface area contributed by atoms with Gasteiger partial charge in [0.1, 0.15) is 18.0 Å². The third kappa shape index (κ3) is 6.46. The van der Waals surface area contributed by atoms with Crippen LogP contribution in [-0.2, 0) is 11.3 Å². The van der Waals surface area contributed by atoms with Gasteiger partial charge in [0.05, 0.1) is 12.0 Å². The number of benzene rings is 2. The first-order chi connectivity index (χ1) is 12.7. The van der Waals surface area contributed by atoms with Gasteiger partial charge in [0.2, 0.25) is 0 Å². The molecule has 144 valence electrons. The molecular formula is C17H17ClF2N3O4+. The summed E-state index contributed by atoms with van der Waals surface area (Å²) in [7, 11) is 1.76. The van der Waals surface area contributed by atoms with Crippen LogP contribution >= 0.6 is 11.6 Å². The van der Waals surface area contributed by atoms with Gasteiger partial charge in [0.25, 0.3) is 11.6 Å². The van der Waals surface area contributed by atoms with Crippen molar-refractivity contribution in [1.82, 2.24) is 0 Å². The van der Waals surface area contributed by atoms with E-state index in [2.05, 4.69) is 10.1 Å². The Morgan fingerprint density at radius 2 is 1.96 bits per heavy atom. The quantitative estimate of drug-likeness (QED) is 0.526. The first kappa shape index (κ1) is 20.5. The van der Waals surface area contributed by atoms with Crippen LogP contribution < -0.4 is 15.0 Å². The summed E-state index contributed by atoms with van der Waals surface area (Å²) < 4.78 is 28.5. The van der Waals surface area contributed by atoms with Crippen LogP contribution in [0.2, 0.25) is 5.02 Å².